The zero-order chi connectivity index (χ0) is 52.2. The van der Waals surface area contributed by atoms with Crippen molar-refractivity contribution in [3.05, 3.63) is 0 Å². The van der Waals surface area contributed by atoms with E-state index in [1.807, 2.05) is 13.8 Å². The lowest BCUT2D eigenvalue weighted by atomic mass is 9.43. The number of aliphatic carboxylic acids is 2. The molecule has 8 N–H and O–H groups in total. The molecular weight excluding hydrogens is 907 g/mol. The Hall–Kier alpha value is -3.84. The number of carboxylic acids is 2. The molecule has 400 valence electrons. The maximum atomic E-state index is 13.1. The molecule has 0 unspecified atom stereocenters. The van der Waals surface area contributed by atoms with Gasteiger partial charge in [0.2, 0.25) is 17.7 Å². The summed E-state index contributed by atoms with van der Waals surface area (Å²) in [4.78, 5) is 94.8. The minimum atomic E-state index is -1.34. The average molecular weight is 994 g/mol. The molecule has 0 aromatic rings. The minimum absolute atomic E-state index is 0.0247. The molecule has 4 saturated carbocycles. The number of fused-ring (bicyclic) bond motifs is 5. The van der Waals surface area contributed by atoms with Gasteiger partial charge in [-0.25, -0.2) is 4.79 Å². The summed E-state index contributed by atoms with van der Waals surface area (Å²) in [5.74, 6) is -4.24. The van der Waals surface area contributed by atoms with E-state index in [1.54, 1.807) is 0 Å². The van der Waals surface area contributed by atoms with E-state index >= 15 is 0 Å². The fraction of sp³-hybridized carbons (Fsp3) is 0.846. The van der Waals surface area contributed by atoms with Crippen molar-refractivity contribution in [2.45, 2.75) is 188 Å². The van der Waals surface area contributed by atoms with Gasteiger partial charge in [-0.2, -0.15) is 0 Å². The summed E-state index contributed by atoms with van der Waals surface area (Å²) in [5, 5.41) is 61.0. The molecule has 4 aliphatic rings. The number of hydrogen-bond acceptors (Lipinski definition) is 13. The number of aliphatic hydroxyl groups excluding tert-OH is 3. The highest BCUT2D eigenvalue weighted by Crippen LogP contribution is 2.68. The maximum absolute atomic E-state index is 13.1. The second kappa shape index (κ2) is 29.6. The monoisotopic (exact) mass is 994 g/mol. The molecular formula is C52H87N3O15. The Kier molecular flexibility index (Phi) is 25.6. The van der Waals surface area contributed by atoms with E-state index in [0.29, 0.717) is 38.5 Å². The standard InChI is InChI=1S/C44H72N2O13.C8H15NO2/c1-5-6-31(49)25-59-20-19-58-18-17-45-38(52)14-8-27(41(54)55)21-29(47)9-12-35(42(56)57)46-39(53)13-7-26(2)32-10-11-33-40-34(24-37(51)44(32,33)4)43(3)16-15-30(48)22-28(43)23-36(40)50;1-3-4-5-8(11)6-9-7(2)10/h26-28,30,32-37,40,48,50-51H,5-25H2,1-4H3,(H,45,52)(H,46,53)(H,54,55)(H,56,57);3-6H2,1-2H3,(H,9,10)/t26-,27-,28+,30-,32-,33+,34+,35+,36-,37+,40+,43+,44-;/m1./s1. The van der Waals surface area contributed by atoms with Gasteiger partial charge in [-0.05, 0) is 123 Å². The fourth-order valence-electron chi connectivity index (χ4n) is 12.3. The van der Waals surface area contributed by atoms with E-state index in [1.165, 1.54) is 6.92 Å². The van der Waals surface area contributed by atoms with Crippen LogP contribution < -0.4 is 16.0 Å². The number of carboxylic acid groups (broad SMARTS) is 2. The number of ether oxygens (including phenoxy) is 2. The summed E-state index contributed by atoms with van der Waals surface area (Å²) >= 11 is 0. The third-order valence-electron chi connectivity index (χ3n) is 16.3. The van der Waals surface area contributed by atoms with Gasteiger partial charge < -0.3 is 51.0 Å². The van der Waals surface area contributed by atoms with Crippen molar-refractivity contribution in [2.24, 2.45) is 52.3 Å². The van der Waals surface area contributed by atoms with Crippen LogP contribution in [0.25, 0.3) is 0 Å². The molecule has 0 saturated heterocycles. The normalized spacial score (nSPS) is 29.0. The first kappa shape index (κ1) is 60.5. The third-order valence-corrected chi connectivity index (χ3v) is 16.3. The van der Waals surface area contributed by atoms with Crippen LogP contribution in [0.1, 0.15) is 164 Å². The molecule has 0 spiro atoms. The molecule has 4 rings (SSSR count). The largest absolute Gasteiger partial charge is 0.481 e. The van der Waals surface area contributed by atoms with E-state index in [-0.39, 0.29) is 143 Å². The van der Waals surface area contributed by atoms with Gasteiger partial charge in [0.05, 0.1) is 50.6 Å². The lowest BCUT2D eigenvalue weighted by molar-refractivity contribution is -0.207. The second-order valence-electron chi connectivity index (χ2n) is 21.2. The Morgan fingerprint density at radius 3 is 2.06 bits per heavy atom. The van der Waals surface area contributed by atoms with Gasteiger partial charge in [-0.1, -0.05) is 41.0 Å². The number of carbonyl (C=O) groups is 8. The Morgan fingerprint density at radius 2 is 1.40 bits per heavy atom. The van der Waals surface area contributed by atoms with E-state index in [9.17, 15) is 63.9 Å². The minimum Gasteiger partial charge on any atom is -0.481 e. The highest BCUT2D eigenvalue weighted by atomic mass is 16.5. The molecule has 0 bridgehead atoms. The van der Waals surface area contributed by atoms with Crippen molar-refractivity contribution >= 4 is 47.0 Å². The first-order valence-electron chi connectivity index (χ1n) is 26.1. The zero-order valence-corrected chi connectivity index (χ0v) is 42.8. The predicted octanol–water partition coefficient (Wildman–Crippen LogP) is 4.55. The number of rotatable bonds is 30. The summed E-state index contributed by atoms with van der Waals surface area (Å²) in [7, 11) is 0. The van der Waals surface area contributed by atoms with Crippen molar-refractivity contribution in [1.29, 1.82) is 0 Å². The molecule has 0 aromatic carbocycles. The second-order valence-corrected chi connectivity index (χ2v) is 21.2. The summed E-state index contributed by atoms with van der Waals surface area (Å²) in [5.41, 5.74) is -0.457. The van der Waals surface area contributed by atoms with Crippen LogP contribution in [0, 0.1) is 52.3 Å². The topological polar surface area (TPSA) is 292 Å². The molecule has 18 nitrogen and oxygen atoms in total. The number of carbonyl (C=O) groups excluding carboxylic acids is 6. The van der Waals surface area contributed by atoms with Gasteiger partial charge >= 0.3 is 11.9 Å². The first-order chi connectivity index (χ1) is 33.1. The van der Waals surface area contributed by atoms with Crippen LogP contribution in [0.2, 0.25) is 0 Å². The quantitative estimate of drug-likeness (QED) is 0.0458. The van der Waals surface area contributed by atoms with Crippen molar-refractivity contribution < 1.29 is 73.4 Å². The number of amides is 3. The van der Waals surface area contributed by atoms with Gasteiger partial charge in [-0.3, -0.25) is 33.6 Å². The SMILES string of the molecule is CCCC(=O)COCCOCCNC(=O)CC[C@H](CC(=O)CC[C@H](NC(=O)CC[C@@H](C)[C@H]1CC[C@H]2[C@@H]3[C@H](O)C[C@@H]4C[C@H](O)CC[C@]4(C)[C@H]3C[C@H](O)[C@]12C)C(=O)O)C(=O)O.CCCCC(=O)CNC(C)=O. The number of nitrogens with one attached hydrogen (secondary N) is 3. The van der Waals surface area contributed by atoms with Crippen LogP contribution >= 0.6 is 0 Å². The molecule has 0 radical (unpaired) electrons. The van der Waals surface area contributed by atoms with Crippen LogP contribution in [-0.4, -0.2) is 136 Å². The summed E-state index contributed by atoms with van der Waals surface area (Å²) in [6, 6.07) is -1.34. The molecule has 0 heterocycles. The smallest absolute Gasteiger partial charge is 0.326 e. The third kappa shape index (κ3) is 18.0. The lowest BCUT2D eigenvalue weighted by Crippen LogP contribution is -2.62. The Bertz CT molecular complexity index is 1750. The van der Waals surface area contributed by atoms with Gasteiger partial charge in [-0.15, -0.1) is 0 Å². The maximum Gasteiger partial charge on any atom is 0.326 e. The fourth-order valence-corrected chi connectivity index (χ4v) is 12.3. The van der Waals surface area contributed by atoms with Crippen molar-refractivity contribution in [1.82, 2.24) is 16.0 Å². The predicted molar refractivity (Wildman–Crippen MR) is 259 cm³/mol. The number of unbranched alkanes of at least 4 members (excludes halogenated alkanes) is 1. The Morgan fingerprint density at radius 1 is 0.700 bits per heavy atom. The van der Waals surface area contributed by atoms with Crippen molar-refractivity contribution in [3.8, 4) is 0 Å². The van der Waals surface area contributed by atoms with Crippen LogP contribution in [0.4, 0.5) is 0 Å². The average Bonchev–Trinajstić information content (AvgIpc) is 3.66. The Balaban J connectivity index is 0.00000105. The molecule has 4 fully saturated rings. The molecule has 13 atom stereocenters. The zero-order valence-electron chi connectivity index (χ0n) is 42.8. The number of aliphatic hydroxyl groups is 3. The highest BCUT2D eigenvalue weighted by molar-refractivity contribution is 5.87. The Labute approximate surface area is 414 Å². The van der Waals surface area contributed by atoms with Crippen molar-refractivity contribution in [2.75, 3.05) is 39.5 Å². The van der Waals surface area contributed by atoms with Crippen molar-refractivity contribution in [3.63, 3.8) is 0 Å². The van der Waals surface area contributed by atoms with Gasteiger partial charge in [0.1, 0.15) is 18.4 Å². The van der Waals surface area contributed by atoms with Gasteiger partial charge in [0.25, 0.3) is 0 Å². The molecule has 4 aliphatic carbocycles. The summed E-state index contributed by atoms with van der Waals surface area (Å²) in [6.45, 7) is 13.0. The summed E-state index contributed by atoms with van der Waals surface area (Å²) in [6.07, 6.45) is 7.23. The van der Waals surface area contributed by atoms with Crippen LogP contribution in [-0.2, 0) is 47.8 Å². The van der Waals surface area contributed by atoms with E-state index in [2.05, 4.69) is 36.7 Å². The van der Waals surface area contributed by atoms with Crippen LogP contribution in [0.15, 0.2) is 0 Å². The first-order valence-corrected chi connectivity index (χ1v) is 26.1. The summed E-state index contributed by atoms with van der Waals surface area (Å²) < 4.78 is 10.6. The molecule has 3 amide bonds. The molecule has 70 heavy (non-hydrogen) atoms. The van der Waals surface area contributed by atoms with Gasteiger partial charge in [0.15, 0.2) is 11.6 Å². The van der Waals surface area contributed by atoms with Gasteiger partial charge in [0, 0.05) is 52.0 Å². The molecule has 0 aromatic heterocycles. The van der Waals surface area contributed by atoms with E-state index in [0.717, 1.165) is 44.9 Å². The van der Waals surface area contributed by atoms with Crippen LogP contribution in [0.5, 0.6) is 0 Å². The number of ketones is 3. The van der Waals surface area contributed by atoms with Crippen LogP contribution in [0.3, 0.4) is 0 Å². The molecule has 0 aliphatic heterocycles. The number of hydrogen-bond donors (Lipinski definition) is 8. The number of Topliss-reactive ketones (excluding diaryl/α,β-unsaturated/α-hetero) is 3. The van der Waals surface area contributed by atoms with E-state index < -0.39 is 59.1 Å². The lowest BCUT2D eigenvalue weighted by Gasteiger charge is -2.63. The van der Waals surface area contributed by atoms with E-state index in [4.69, 9.17) is 9.47 Å². The highest BCUT2D eigenvalue weighted by Gasteiger charge is 2.65. The molecule has 18 heteroatoms.